The molecule has 0 radical (unpaired) electrons. The van der Waals surface area contributed by atoms with Crippen molar-refractivity contribution in [3.8, 4) is 5.75 Å². The lowest BCUT2D eigenvalue weighted by Crippen LogP contribution is -2.01. The van der Waals surface area contributed by atoms with E-state index >= 15 is 0 Å². The Bertz CT molecular complexity index is 494. The van der Waals surface area contributed by atoms with Crippen molar-refractivity contribution < 1.29 is 4.74 Å². The zero-order chi connectivity index (χ0) is 12.8. The van der Waals surface area contributed by atoms with Crippen LogP contribution in [0.5, 0.6) is 5.75 Å². The SMILES string of the molecule is COc1cccc(NCc2ccc(CN)cc2)c1. The predicted octanol–water partition coefficient (Wildman–Crippen LogP) is 2.77. The lowest BCUT2D eigenvalue weighted by molar-refractivity contribution is 0.415. The predicted molar refractivity (Wildman–Crippen MR) is 74.7 cm³/mol. The van der Waals surface area contributed by atoms with Crippen LogP contribution in [0.25, 0.3) is 0 Å². The molecule has 2 aromatic rings. The standard InChI is InChI=1S/C15H18N2O/c1-18-15-4-2-3-14(9-15)17-11-13-7-5-12(10-16)6-8-13/h2-9,17H,10-11,16H2,1H3. The van der Waals surface area contributed by atoms with Crippen molar-refractivity contribution in [3.05, 3.63) is 59.7 Å². The van der Waals surface area contributed by atoms with E-state index in [4.69, 9.17) is 10.5 Å². The Hall–Kier alpha value is -2.00. The third kappa shape index (κ3) is 3.25. The molecule has 0 aliphatic rings. The molecule has 0 aliphatic heterocycles. The van der Waals surface area contributed by atoms with Gasteiger partial charge in [0.15, 0.2) is 0 Å². The summed E-state index contributed by atoms with van der Waals surface area (Å²) >= 11 is 0. The largest absolute Gasteiger partial charge is 0.497 e. The Balaban J connectivity index is 1.97. The molecule has 0 fully saturated rings. The number of nitrogens with two attached hydrogens (primary N) is 1. The number of benzene rings is 2. The molecule has 2 rings (SSSR count). The third-order valence-electron chi connectivity index (χ3n) is 2.83. The van der Waals surface area contributed by atoms with Gasteiger partial charge in [0.05, 0.1) is 7.11 Å². The summed E-state index contributed by atoms with van der Waals surface area (Å²) in [6, 6.07) is 16.2. The molecule has 0 bridgehead atoms. The summed E-state index contributed by atoms with van der Waals surface area (Å²) in [5.41, 5.74) is 9.00. The van der Waals surface area contributed by atoms with E-state index in [-0.39, 0.29) is 0 Å². The minimum Gasteiger partial charge on any atom is -0.497 e. The maximum absolute atomic E-state index is 5.57. The highest BCUT2D eigenvalue weighted by Gasteiger charge is 1.96. The minimum absolute atomic E-state index is 0.587. The second-order valence-corrected chi connectivity index (χ2v) is 4.11. The van der Waals surface area contributed by atoms with Crippen molar-refractivity contribution in [1.29, 1.82) is 0 Å². The Labute approximate surface area is 108 Å². The number of hydrogen-bond acceptors (Lipinski definition) is 3. The molecule has 3 N–H and O–H groups in total. The fourth-order valence-electron chi connectivity index (χ4n) is 1.73. The molecule has 3 heteroatoms. The molecular weight excluding hydrogens is 224 g/mol. The summed E-state index contributed by atoms with van der Waals surface area (Å²) in [5.74, 6) is 0.860. The maximum Gasteiger partial charge on any atom is 0.120 e. The van der Waals surface area contributed by atoms with E-state index in [2.05, 4.69) is 29.6 Å². The van der Waals surface area contributed by atoms with Gasteiger partial charge in [-0.05, 0) is 23.3 Å². The van der Waals surface area contributed by atoms with Crippen LogP contribution in [0.1, 0.15) is 11.1 Å². The number of ether oxygens (including phenoxy) is 1. The van der Waals surface area contributed by atoms with Crippen LogP contribution in [-0.4, -0.2) is 7.11 Å². The molecule has 3 nitrogen and oxygen atoms in total. The van der Waals surface area contributed by atoms with E-state index in [0.29, 0.717) is 6.54 Å². The van der Waals surface area contributed by atoms with Gasteiger partial charge in [-0.25, -0.2) is 0 Å². The number of rotatable bonds is 5. The molecule has 18 heavy (non-hydrogen) atoms. The summed E-state index contributed by atoms with van der Waals surface area (Å²) in [7, 11) is 1.67. The fraction of sp³-hybridized carbons (Fsp3) is 0.200. The van der Waals surface area contributed by atoms with Gasteiger partial charge in [0, 0.05) is 24.8 Å². The average Bonchev–Trinajstić information content (AvgIpc) is 2.46. The van der Waals surface area contributed by atoms with Crippen molar-refractivity contribution in [2.75, 3.05) is 12.4 Å². The average molecular weight is 242 g/mol. The van der Waals surface area contributed by atoms with E-state index in [0.717, 1.165) is 23.5 Å². The monoisotopic (exact) mass is 242 g/mol. The number of anilines is 1. The first-order chi connectivity index (χ1) is 8.81. The number of methoxy groups -OCH3 is 1. The summed E-state index contributed by atoms with van der Waals surface area (Å²) < 4.78 is 5.18. The third-order valence-corrected chi connectivity index (χ3v) is 2.83. The first-order valence-electron chi connectivity index (χ1n) is 5.97. The second-order valence-electron chi connectivity index (χ2n) is 4.11. The minimum atomic E-state index is 0.587. The highest BCUT2D eigenvalue weighted by atomic mass is 16.5. The summed E-state index contributed by atoms with van der Waals surface area (Å²) in [5, 5.41) is 3.36. The molecule has 0 aromatic heterocycles. The molecule has 2 aromatic carbocycles. The van der Waals surface area contributed by atoms with Gasteiger partial charge in [0.25, 0.3) is 0 Å². The molecule has 0 saturated carbocycles. The van der Waals surface area contributed by atoms with Gasteiger partial charge in [-0.1, -0.05) is 30.3 Å². The molecular formula is C15H18N2O. The number of hydrogen-bond donors (Lipinski definition) is 2. The van der Waals surface area contributed by atoms with E-state index in [9.17, 15) is 0 Å². The molecule has 0 saturated heterocycles. The molecule has 0 amide bonds. The quantitative estimate of drug-likeness (QED) is 0.847. The van der Waals surface area contributed by atoms with Crippen LogP contribution in [0.2, 0.25) is 0 Å². The van der Waals surface area contributed by atoms with Crippen LogP contribution >= 0.6 is 0 Å². The lowest BCUT2D eigenvalue weighted by atomic mass is 10.1. The van der Waals surface area contributed by atoms with Gasteiger partial charge < -0.3 is 15.8 Å². The van der Waals surface area contributed by atoms with Crippen molar-refractivity contribution >= 4 is 5.69 Å². The Morgan fingerprint density at radius 2 is 1.78 bits per heavy atom. The molecule has 0 atom stereocenters. The van der Waals surface area contributed by atoms with Crippen molar-refractivity contribution in [3.63, 3.8) is 0 Å². The summed E-state index contributed by atoms with van der Waals surface area (Å²) in [4.78, 5) is 0. The van der Waals surface area contributed by atoms with E-state index in [1.54, 1.807) is 7.11 Å². The van der Waals surface area contributed by atoms with E-state index in [1.165, 1.54) is 5.56 Å². The Kier molecular flexibility index (Phi) is 4.20. The van der Waals surface area contributed by atoms with Gasteiger partial charge in [-0.15, -0.1) is 0 Å². The second kappa shape index (κ2) is 6.07. The van der Waals surface area contributed by atoms with Gasteiger partial charge in [-0.3, -0.25) is 0 Å². The highest BCUT2D eigenvalue weighted by Crippen LogP contribution is 2.17. The highest BCUT2D eigenvalue weighted by molar-refractivity contribution is 5.48. The zero-order valence-corrected chi connectivity index (χ0v) is 10.5. The fourth-order valence-corrected chi connectivity index (χ4v) is 1.73. The zero-order valence-electron chi connectivity index (χ0n) is 10.5. The first kappa shape index (κ1) is 12.5. The smallest absolute Gasteiger partial charge is 0.120 e. The lowest BCUT2D eigenvalue weighted by Gasteiger charge is -2.08. The normalized spacial score (nSPS) is 10.1. The van der Waals surface area contributed by atoms with Crippen molar-refractivity contribution in [2.45, 2.75) is 13.1 Å². The van der Waals surface area contributed by atoms with Gasteiger partial charge >= 0.3 is 0 Å². The molecule has 0 unspecified atom stereocenters. The van der Waals surface area contributed by atoms with Crippen LogP contribution in [0.3, 0.4) is 0 Å². The number of nitrogens with one attached hydrogen (secondary N) is 1. The molecule has 94 valence electrons. The van der Waals surface area contributed by atoms with Gasteiger partial charge in [0.1, 0.15) is 5.75 Å². The Morgan fingerprint density at radius 1 is 1.06 bits per heavy atom. The summed E-state index contributed by atoms with van der Waals surface area (Å²) in [6.07, 6.45) is 0. The molecule has 0 spiro atoms. The summed E-state index contributed by atoms with van der Waals surface area (Å²) in [6.45, 7) is 1.38. The van der Waals surface area contributed by atoms with Crippen LogP contribution in [0.15, 0.2) is 48.5 Å². The maximum atomic E-state index is 5.57. The molecule has 0 heterocycles. The van der Waals surface area contributed by atoms with E-state index in [1.807, 2.05) is 24.3 Å². The van der Waals surface area contributed by atoms with Crippen molar-refractivity contribution in [1.82, 2.24) is 0 Å². The van der Waals surface area contributed by atoms with E-state index < -0.39 is 0 Å². The van der Waals surface area contributed by atoms with Crippen LogP contribution in [0.4, 0.5) is 5.69 Å². The van der Waals surface area contributed by atoms with Crippen LogP contribution < -0.4 is 15.8 Å². The van der Waals surface area contributed by atoms with Gasteiger partial charge in [-0.2, -0.15) is 0 Å². The van der Waals surface area contributed by atoms with Crippen molar-refractivity contribution in [2.24, 2.45) is 5.73 Å². The van der Waals surface area contributed by atoms with Crippen LogP contribution in [0, 0.1) is 0 Å². The first-order valence-corrected chi connectivity index (χ1v) is 5.97. The van der Waals surface area contributed by atoms with Gasteiger partial charge in [0.2, 0.25) is 0 Å². The molecule has 0 aliphatic carbocycles. The Morgan fingerprint density at radius 3 is 2.44 bits per heavy atom. The topological polar surface area (TPSA) is 47.3 Å². The van der Waals surface area contributed by atoms with Crippen LogP contribution in [-0.2, 0) is 13.1 Å².